The minimum Gasteiger partial charge on any atom is -0.494 e. The van der Waals surface area contributed by atoms with E-state index < -0.39 is 0 Å². The zero-order valence-electron chi connectivity index (χ0n) is 20.5. The van der Waals surface area contributed by atoms with Gasteiger partial charge >= 0.3 is 0 Å². The van der Waals surface area contributed by atoms with Crippen molar-refractivity contribution in [2.45, 2.75) is 64.0 Å². The van der Waals surface area contributed by atoms with Crippen LogP contribution in [0.2, 0.25) is 0 Å². The van der Waals surface area contributed by atoms with Gasteiger partial charge in [-0.1, -0.05) is 6.58 Å². The molecule has 0 spiro atoms. The van der Waals surface area contributed by atoms with Crippen molar-refractivity contribution in [1.82, 2.24) is 20.9 Å². The minimum absolute atomic E-state index is 0.463. The Kier molecular flexibility index (Phi) is 10.7. The number of carbonyl (C=O) groups excluding carboxylic acids is 1. The zero-order valence-corrected chi connectivity index (χ0v) is 20.5. The Balaban J connectivity index is 0.00000149. The van der Waals surface area contributed by atoms with Gasteiger partial charge in [-0.05, 0) is 108 Å². The van der Waals surface area contributed by atoms with Crippen molar-refractivity contribution in [3.05, 3.63) is 35.9 Å². The summed E-state index contributed by atoms with van der Waals surface area (Å²) < 4.78 is 6.04. The van der Waals surface area contributed by atoms with Crippen molar-refractivity contribution >= 4 is 12.5 Å². The second kappa shape index (κ2) is 13.7. The lowest BCUT2D eigenvalue weighted by Gasteiger charge is -2.22. The number of nitrogens with one attached hydrogen (secondary N) is 3. The number of hydrogen-bond donors (Lipinski definition) is 3. The van der Waals surface area contributed by atoms with Crippen LogP contribution >= 0.6 is 0 Å². The summed E-state index contributed by atoms with van der Waals surface area (Å²) in [6.07, 6.45) is 8.97. The number of piperidine rings is 1. The second-order valence-corrected chi connectivity index (χ2v) is 9.83. The molecule has 0 bridgehead atoms. The van der Waals surface area contributed by atoms with Crippen molar-refractivity contribution in [2.24, 2.45) is 5.92 Å². The van der Waals surface area contributed by atoms with Gasteiger partial charge in [-0.15, -0.1) is 0 Å². The Morgan fingerprint density at radius 2 is 1.97 bits per heavy atom. The Labute approximate surface area is 200 Å². The van der Waals surface area contributed by atoms with E-state index in [4.69, 9.17) is 9.53 Å². The van der Waals surface area contributed by atoms with Gasteiger partial charge in [-0.2, -0.15) is 0 Å². The number of hydrogen-bond acceptors (Lipinski definition) is 6. The Hall–Kier alpha value is -1.89. The average Bonchev–Trinajstić information content (AvgIpc) is 3.51. The van der Waals surface area contributed by atoms with Crippen molar-refractivity contribution in [2.75, 3.05) is 45.9 Å². The summed E-state index contributed by atoms with van der Waals surface area (Å²) in [5.41, 5.74) is 3.46. The van der Waals surface area contributed by atoms with E-state index in [-0.39, 0.29) is 0 Å². The molecule has 0 aliphatic carbocycles. The molecule has 4 rings (SSSR count). The fraction of sp³-hybridized carbons (Fsp3) is 0.667. The first kappa shape index (κ1) is 25.7. The van der Waals surface area contributed by atoms with Crippen LogP contribution in [0, 0.1) is 12.8 Å². The molecule has 3 saturated heterocycles. The molecule has 3 heterocycles. The van der Waals surface area contributed by atoms with E-state index in [2.05, 4.69) is 52.6 Å². The van der Waals surface area contributed by atoms with Gasteiger partial charge in [0.15, 0.2) is 0 Å². The highest BCUT2D eigenvalue weighted by atomic mass is 16.5. The molecule has 3 aliphatic heterocycles. The minimum atomic E-state index is 0.463. The highest BCUT2D eigenvalue weighted by molar-refractivity contribution is 5.65. The topological polar surface area (TPSA) is 65.6 Å². The third-order valence-electron chi connectivity index (χ3n) is 7.28. The fourth-order valence-corrected chi connectivity index (χ4v) is 5.47. The summed E-state index contributed by atoms with van der Waals surface area (Å²) in [6.45, 7) is 16.4. The van der Waals surface area contributed by atoms with Crippen LogP contribution in [0.1, 0.15) is 56.1 Å². The third kappa shape index (κ3) is 8.13. The summed E-state index contributed by atoms with van der Waals surface area (Å²) in [5.74, 6) is 1.86. The van der Waals surface area contributed by atoms with Gasteiger partial charge in [0.1, 0.15) is 12.5 Å². The molecule has 33 heavy (non-hydrogen) atoms. The van der Waals surface area contributed by atoms with Crippen LogP contribution in [0.15, 0.2) is 24.8 Å². The van der Waals surface area contributed by atoms with Crippen molar-refractivity contribution in [3.8, 4) is 5.75 Å². The fourth-order valence-electron chi connectivity index (χ4n) is 5.47. The van der Waals surface area contributed by atoms with Gasteiger partial charge in [0.25, 0.3) is 0 Å². The number of aryl methyl sites for hydroxylation is 1. The average molecular weight is 457 g/mol. The molecule has 0 radical (unpaired) electrons. The molecule has 6 nitrogen and oxygen atoms in total. The molecule has 3 fully saturated rings. The quantitative estimate of drug-likeness (QED) is 0.469. The van der Waals surface area contributed by atoms with E-state index in [1.807, 2.05) is 6.79 Å². The Morgan fingerprint density at radius 3 is 2.70 bits per heavy atom. The van der Waals surface area contributed by atoms with Crippen molar-refractivity contribution in [1.29, 1.82) is 0 Å². The van der Waals surface area contributed by atoms with Gasteiger partial charge < -0.3 is 30.4 Å². The largest absolute Gasteiger partial charge is 0.494 e. The van der Waals surface area contributed by atoms with Crippen molar-refractivity contribution < 1.29 is 9.53 Å². The molecule has 6 heteroatoms. The van der Waals surface area contributed by atoms with Crippen LogP contribution in [0.3, 0.4) is 0 Å². The van der Waals surface area contributed by atoms with E-state index in [1.165, 1.54) is 82.4 Å². The molecule has 3 N–H and O–H groups in total. The molecule has 0 amide bonds. The Morgan fingerprint density at radius 1 is 1.21 bits per heavy atom. The van der Waals surface area contributed by atoms with E-state index >= 15 is 0 Å². The van der Waals surface area contributed by atoms with E-state index in [0.29, 0.717) is 12.1 Å². The predicted molar refractivity (Wildman–Crippen MR) is 137 cm³/mol. The number of rotatable bonds is 10. The molecule has 0 saturated carbocycles. The van der Waals surface area contributed by atoms with Gasteiger partial charge in [-0.3, -0.25) is 0 Å². The molecule has 3 aliphatic rings. The maximum atomic E-state index is 8.00. The van der Waals surface area contributed by atoms with Gasteiger partial charge in [0, 0.05) is 36.4 Å². The zero-order chi connectivity index (χ0) is 23.5. The molecule has 2 atom stereocenters. The predicted octanol–water partition coefficient (Wildman–Crippen LogP) is 3.36. The molecule has 1 aromatic carbocycles. The third-order valence-corrected chi connectivity index (χ3v) is 7.28. The summed E-state index contributed by atoms with van der Waals surface area (Å²) in [5, 5.41) is 10.8. The molecule has 184 valence electrons. The molecule has 2 unspecified atom stereocenters. The lowest BCUT2D eigenvalue weighted by Crippen LogP contribution is -2.35. The Bertz CT molecular complexity index is 729. The highest BCUT2D eigenvalue weighted by Crippen LogP contribution is 2.24. The lowest BCUT2D eigenvalue weighted by molar-refractivity contribution is -0.0979. The second-order valence-electron chi connectivity index (χ2n) is 9.83. The van der Waals surface area contributed by atoms with Crippen molar-refractivity contribution in [3.63, 3.8) is 0 Å². The molecule has 1 aromatic rings. The lowest BCUT2D eigenvalue weighted by atomic mass is 9.93. The SMILES string of the molecule is C=C(NC1CNC(CN2CCCC2)C1)c1ccc(OCCCC2CCNCC2)cc1C.C=O. The van der Waals surface area contributed by atoms with Gasteiger partial charge in [0.2, 0.25) is 0 Å². The first-order valence-corrected chi connectivity index (χ1v) is 12.8. The van der Waals surface area contributed by atoms with E-state index in [9.17, 15) is 0 Å². The van der Waals surface area contributed by atoms with E-state index in [1.54, 1.807) is 0 Å². The van der Waals surface area contributed by atoms with Crippen LogP contribution in [-0.4, -0.2) is 69.6 Å². The standard InChI is InChI=1S/C26H42N4O.CH2O/c1-20-16-25(31-15-5-6-22-9-11-27-12-10-22)7-8-26(20)21(2)29-23-17-24(28-18-23)19-30-13-3-4-14-30;1-2/h7-8,16,22-24,27-29H,2-6,9-15,17-19H2,1H3;1H2. The first-order chi connectivity index (χ1) is 16.2. The molecular weight excluding hydrogens is 412 g/mol. The van der Waals surface area contributed by atoms with Gasteiger partial charge in [0.05, 0.1) is 6.61 Å². The monoisotopic (exact) mass is 456 g/mol. The smallest absolute Gasteiger partial charge is 0.119 e. The van der Waals surface area contributed by atoms with Gasteiger partial charge in [-0.25, -0.2) is 0 Å². The number of carbonyl (C=O) groups is 1. The highest BCUT2D eigenvalue weighted by Gasteiger charge is 2.27. The summed E-state index contributed by atoms with van der Waals surface area (Å²) in [4.78, 5) is 10.6. The number of likely N-dealkylation sites (tertiary alicyclic amines) is 1. The number of nitrogens with zero attached hydrogens (tertiary/aromatic N) is 1. The van der Waals surface area contributed by atoms with Crippen LogP contribution in [0.5, 0.6) is 5.75 Å². The van der Waals surface area contributed by atoms with Crippen LogP contribution < -0.4 is 20.7 Å². The number of benzene rings is 1. The normalized spacial score (nSPS) is 23.7. The summed E-state index contributed by atoms with van der Waals surface area (Å²) >= 11 is 0. The first-order valence-electron chi connectivity index (χ1n) is 12.8. The number of ether oxygens (including phenoxy) is 1. The maximum absolute atomic E-state index is 8.00. The van der Waals surface area contributed by atoms with Crippen LogP contribution in [0.25, 0.3) is 5.70 Å². The summed E-state index contributed by atoms with van der Waals surface area (Å²) in [6, 6.07) is 7.49. The molecular formula is C27H44N4O2. The van der Waals surface area contributed by atoms with E-state index in [0.717, 1.165) is 36.9 Å². The van der Waals surface area contributed by atoms with Crippen LogP contribution in [0.4, 0.5) is 0 Å². The summed E-state index contributed by atoms with van der Waals surface area (Å²) in [7, 11) is 0. The molecule has 0 aromatic heterocycles. The van der Waals surface area contributed by atoms with Crippen LogP contribution in [-0.2, 0) is 4.79 Å². The maximum Gasteiger partial charge on any atom is 0.119 e.